The van der Waals surface area contributed by atoms with Crippen LogP contribution in [0.3, 0.4) is 0 Å². The third kappa shape index (κ3) is 4.04. The smallest absolute Gasteiger partial charge is 0.175 e. The first-order chi connectivity index (χ1) is 13.8. The zero-order valence-electron chi connectivity index (χ0n) is 15.6. The van der Waals surface area contributed by atoms with E-state index in [1.807, 2.05) is 54.6 Å². The summed E-state index contributed by atoms with van der Waals surface area (Å²) in [6.07, 6.45) is 1.19. The van der Waals surface area contributed by atoms with Gasteiger partial charge in [0.05, 0.1) is 22.0 Å². The monoisotopic (exact) mass is 423 g/mol. The Kier molecular flexibility index (Phi) is 4.90. The summed E-state index contributed by atoms with van der Waals surface area (Å²) in [7, 11) is -3.27. The summed E-state index contributed by atoms with van der Waals surface area (Å²) in [4.78, 5) is 0.264. The van der Waals surface area contributed by atoms with Crippen LogP contribution in [0, 0.1) is 0 Å². The molecule has 0 aliphatic heterocycles. The molecule has 0 aliphatic carbocycles. The maximum atomic E-state index is 11.8. The molecule has 3 aromatic carbocycles. The Morgan fingerprint density at radius 2 is 1.45 bits per heavy atom. The number of hydrogen-bond acceptors (Lipinski definition) is 4. The fourth-order valence-corrected chi connectivity index (χ4v) is 3.79. The zero-order chi connectivity index (χ0) is 20.6. The molecule has 5 nitrogen and oxygen atoms in total. The highest BCUT2D eigenvalue weighted by Crippen LogP contribution is 2.30. The summed E-state index contributed by atoms with van der Waals surface area (Å²) in [5.41, 5.74) is 10.7. The second-order valence-corrected chi connectivity index (χ2v) is 9.17. The molecule has 0 spiro atoms. The van der Waals surface area contributed by atoms with E-state index in [0.29, 0.717) is 10.7 Å². The third-order valence-corrected chi connectivity index (χ3v) is 5.95. The second kappa shape index (κ2) is 7.39. The van der Waals surface area contributed by atoms with Gasteiger partial charge >= 0.3 is 0 Å². The van der Waals surface area contributed by atoms with Gasteiger partial charge in [-0.15, -0.1) is 0 Å². The lowest BCUT2D eigenvalue weighted by atomic mass is 10.1. The van der Waals surface area contributed by atoms with Crippen molar-refractivity contribution in [3.63, 3.8) is 0 Å². The Hall–Kier alpha value is -3.09. The lowest BCUT2D eigenvalue weighted by Gasteiger charge is -2.08. The van der Waals surface area contributed by atoms with E-state index in [1.165, 1.54) is 6.26 Å². The predicted molar refractivity (Wildman–Crippen MR) is 117 cm³/mol. The first kappa shape index (κ1) is 19.2. The van der Waals surface area contributed by atoms with Gasteiger partial charge in [0, 0.05) is 28.1 Å². The SMILES string of the molecule is CS(=O)(=O)c1ccc(-n2nc(-c3ccc(N)cc3)cc2-c2ccc(Cl)cc2)cc1. The van der Waals surface area contributed by atoms with Gasteiger partial charge in [0.1, 0.15) is 0 Å². The van der Waals surface area contributed by atoms with E-state index < -0.39 is 9.84 Å². The summed E-state index contributed by atoms with van der Waals surface area (Å²) in [6, 6.07) is 23.6. The summed E-state index contributed by atoms with van der Waals surface area (Å²) >= 11 is 6.04. The summed E-state index contributed by atoms with van der Waals surface area (Å²) in [6.45, 7) is 0. The molecule has 0 radical (unpaired) electrons. The number of rotatable bonds is 4. The molecule has 146 valence electrons. The Labute approximate surface area is 174 Å². The van der Waals surface area contributed by atoms with Gasteiger partial charge < -0.3 is 5.73 Å². The molecule has 0 aliphatic rings. The van der Waals surface area contributed by atoms with Crippen molar-refractivity contribution in [1.82, 2.24) is 9.78 Å². The fraction of sp³-hybridized carbons (Fsp3) is 0.0455. The quantitative estimate of drug-likeness (QED) is 0.476. The van der Waals surface area contributed by atoms with Gasteiger partial charge in [-0.05, 0) is 54.6 Å². The fourth-order valence-electron chi connectivity index (χ4n) is 3.03. The van der Waals surface area contributed by atoms with E-state index in [-0.39, 0.29) is 4.90 Å². The Morgan fingerprint density at radius 1 is 0.862 bits per heavy atom. The van der Waals surface area contributed by atoms with Gasteiger partial charge in [-0.3, -0.25) is 0 Å². The molecule has 4 rings (SSSR count). The molecule has 1 heterocycles. The maximum absolute atomic E-state index is 11.8. The number of halogens is 1. The molecule has 0 saturated carbocycles. The summed E-state index contributed by atoms with van der Waals surface area (Å²) in [5.74, 6) is 0. The van der Waals surface area contributed by atoms with Crippen molar-refractivity contribution in [3.05, 3.63) is 83.9 Å². The van der Waals surface area contributed by atoms with Crippen LogP contribution in [-0.4, -0.2) is 24.5 Å². The van der Waals surface area contributed by atoms with Crippen LogP contribution in [0.15, 0.2) is 83.8 Å². The normalized spacial score (nSPS) is 11.5. The highest BCUT2D eigenvalue weighted by molar-refractivity contribution is 7.90. The first-order valence-corrected chi connectivity index (χ1v) is 11.1. The Balaban J connectivity index is 1.86. The molecule has 4 aromatic rings. The van der Waals surface area contributed by atoms with E-state index >= 15 is 0 Å². The molecule has 0 fully saturated rings. The molecular formula is C22H18ClN3O2S. The molecule has 29 heavy (non-hydrogen) atoms. The molecule has 0 amide bonds. The van der Waals surface area contributed by atoms with Crippen molar-refractivity contribution in [2.24, 2.45) is 0 Å². The number of nitrogens with zero attached hydrogens (tertiary/aromatic N) is 2. The minimum absolute atomic E-state index is 0.264. The number of anilines is 1. The average molecular weight is 424 g/mol. The van der Waals surface area contributed by atoms with Crippen LogP contribution in [0.25, 0.3) is 28.2 Å². The molecule has 1 aromatic heterocycles. The molecule has 0 saturated heterocycles. The molecule has 0 atom stereocenters. The van der Waals surface area contributed by atoms with Crippen LogP contribution in [0.4, 0.5) is 5.69 Å². The first-order valence-electron chi connectivity index (χ1n) is 8.84. The molecule has 0 unspecified atom stereocenters. The van der Waals surface area contributed by atoms with Gasteiger partial charge in [-0.25, -0.2) is 13.1 Å². The number of nitrogen functional groups attached to an aromatic ring is 1. The molecular weight excluding hydrogens is 406 g/mol. The second-order valence-electron chi connectivity index (χ2n) is 6.72. The van der Waals surface area contributed by atoms with Crippen LogP contribution in [-0.2, 0) is 9.84 Å². The van der Waals surface area contributed by atoms with Crippen molar-refractivity contribution < 1.29 is 8.42 Å². The molecule has 2 N–H and O–H groups in total. The van der Waals surface area contributed by atoms with Crippen molar-refractivity contribution in [1.29, 1.82) is 0 Å². The lowest BCUT2D eigenvalue weighted by molar-refractivity contribution is 0.602. The summed E-state index contributed by atoms with van der Waals surface area (Å²) in [5, 5.41) is 5.41. The summed E-state index contributed by atoms with van der Waals surface area (Å²) < 4.78 is 25.3. The molecule has 0 bridgehead atoms. The average Bonchev–Trinajstić information content (AvgIpc) is 3.14. The zero-order valence-corrected chi connectivity index (χ0v) is 17.2. The van der Waals surface area contributed by atoms with Gasteiger partial charge in [-0.2, -0.15) is 5.10 Å². The number of sulfone groups is 1. The number of nitrogens with two attached hydrogens (primary N) is 1. The van der Waals surface area contributed by atoms with Crippen LogP contribution in [0.1, 0.15) is 0 Å². The highest BCUT2D eigenvalue weighted by atomic mass is 35.5. The third-order valence-electron chi connectivity index (χ3n) is 4.57. The minimum Gasteiger partial charge on any atom is -0.399 e. The van der Waals surface area contributed by atoms with Gasteiger partial charge in [0.25, 0.3) is 0 Å². The highest BCUT2D eigenvalue weighted by Gasteiger charge is 2.14. The van der Waals surface area contributed by atoms with Crippen molar-refractivity contribution in [2.75, 3.05) is 12.0 Å². The van der Waals surface area contributed by atoms with Gasteiger partial charge in [0.15, 0.2) is 9.84 Å². The van der Waals surface area contributed by atoms with Crippen LogP contribution in [0.2, 0.25) is 5.02 Å². The topological polar surface area (TPSA) is 78.0 Å². The van der Waals surface area contributed by atoms with E-state index in [0.717, 1.165) is 28.2 Å². The Morgan fingerprint density at radius 3 is 2.03 bits per heavy atom. The van der Waals surface area contributed by atoms with Crippen LogP contribution in [0.5, 0.6) is 0 Å². The van der Waals surface area contributed by atoms with Gasteiger partial charge in [-0.1, -0.05) is 35.9 Å². The van der Waals surface area contributed by atoms with E-state index in [9.17, 15) is 8.42 Å². The van der Waals surface area contributed by atoms with Crippen LogP contribution >= 0.6 is 11.6 Å². The van der Waals surface area contributed by atoms with E-state index in [4.69, 9.17) is 22.4 Å². The standard InChI is InChI=1S/C22H18ClN3O2S/c1-29(27,28)20-12-10-19(11-13-20)26-22(16-2-6-17(23)7-3-16)14-21(25-26)15-4-8-18(24)9-5-15/h2-14H,24H2,1H3. The number of aromatic nitrogens is 2. The lowest BCUT2D eigenvalue weighted by Crippen LogP contribution is -2.01. The number of hydrogen-bond donors (Lipinski definition) is 1. The van der Waals surface area contributed by atoms with Gasteiger partial charge in [0.2, 0.25) is 0 Å². The maximum Gasteiger partial charge on any atom is 0.175 e. The molecule has 7 heteroatoms. The Bertz CT molecular complexity index is 1260. The van der Waals surface area contributed by atoms with Crippen molar-refractivity contribution >= 4 is 27.1 Å². The van der Waals surface area contributed by atoms with Crippen molar-refractivity contribution in [2.45, 2.75) is 4.90 Å². The minimum atomic E-state index is -3.27. The van der Waals surface area contributed by atoms with Crippen molar-refractivity contribution in [3.8, 4) is 28.2 Å². The van der Waals surface area contributed by atoms with E-state index in [1.54, 1.807) is 28.9 Å². The largest absolute Gasteiger partial charge is 0.399 e. The predicted octanol–water partition coefficient (Wildman–Crippen LogP) is 4.85. The number of benzene rings is 3. The van der Waals surface area contributed by atoms with Crippen LogP contribution < -0.4 is 5.73 Å². The van der Waals surface area contributed by atoms with E-state index in [2.05, 4.69) is 0 Å².